The molecule has 15 aromatic carbocycles. The molecule has 0 bridgehead atoms. The van der Waals surface area contributed by atoms with Gasteiger partial charge in [-0.25, -0.2) is 0 Å². The summed E-state index contributed by atoms with van der Waals surface area (Å²) in [5, 5.41) is 10.4. The monoisotopic (exact) mass is 1340 g/mol. The van der Waals surface area contributed by atoms with Gasteiger partial charge >= 0.3 is 0 Å². The van der Waals surface area contributed by atoms with Gasteiger partial charge < -0.3 is 14.4 Å². The maximum atomic E-state index is 2.76. The minimum absolute atomic E-state index is 0.0377. The fraction of sp³-hybridized carbons (Fsp3) is 0.200. The molecule has 0 saturated heterocycles. The van der Waals surface area contributed by atoms with E-state index in [9.17, 15) is 0 Å². The van der Waals surface area contributed by atoms with Crippen molar-refractivity contribution in [2.24, 2.45) is 0 Å². The molecule has 2 aliphatic rings. The third kappa shape index (κ3) is 10.4. The van der Waals surface area contributed by atoms with Gasteiger partial charge in [-0.15, -0.1) is 0 Å². The molecule has 1 aromatic heterocycles. The van der Waals surface area contributed by atoms with Crippen molar-refractivity contribution in [2.75, 3.05) is 9.80 Å². The lowest BCUT2D eigenvalue weighted by atomic mass is 9.33. The first-order chi connectivity index (χ1) is 49.8. The maximum absolute atomic E-state index is 2.76. The van der Waals surface area contributed by atoms with Crippen molar-refractivity contribution in [1.82, 2.24) is 4.57 Å². The van der Waals surface area contributed by atoms with E-state index < -0.39 is 0 Å². The Kier molecular flexibility index (Phi) is 14.6. The van der Waals surface area contributed by atoms with Crippen molar-refractivity contribution in [3.05, 3.63) is 301 Å². The normalized spacial score (nSPS) is 13.5. The summed E-state index contributed by atoms with van der Waals surface area (Å²) < 4.78 is 2.60. The molecule has 508 valence electrons. The molecular formula is C100H90BN3. The zero-order valence-corrected chi connectivity index (χ0v) is 62.9. The fourth-order valence-electron chi connectivity index (χ4n) is 17.4. The SMILES string of the molecule is CC(C)(C)c1ccc(-c2cc(C(C)(C)C)cc(-c3ccc(C(C)(C)C)cc3)c2N2c3ccc(-c4ccccc4)cc3B3c4ccc(-n5c6ccc7cccc8c9cccc%10ccc5c(c%109)c6c78)cc4N(c4c(-c5ccccc5)cc(C(C)(C)C)cc4-c4ccccc4)c4cc(C(C)(C)C)cc2c43)cc1. The summed E-state index contributed by atoms with van der Waals surface area (Å²) in [6.07, 6.45) is 0. The predicted molar refractivity (Wildman–Crippen MR) is 450 cm³/mol. The lowest BCUT2D eigenvalue weighted by Crippen LogP contribution is -2.61. The van der Waals surface area contributed by atoms with E-state index in [4.69, 9.17) is 0 Å². The molecule has 4 heteroatoms. The number of aromatic nitrogens is 1. The van der Waals surface area contributed by atoms with E-state index in [1.165, 1.54) is 171 Å². The zero-order chi connectivity index (χ0) is 71.8. The second-order valence-electron chi connectivity index (χ2n) is 35.0. The number of fused-ring (bicyclic) bond motifs is 5. The summed E-state index contributed by atoms with van der Waals surface area (Å²) in [5.41, 5.74) is 31.8. The van der Waals surface area contributed by atoms with E-state index in [1.54, 1.807) is 0 Å². The maximum Gasteiger partial charge on any atom is 0.252 e. The number of hydrogen-bond donors (Lipinski definition) is 0. The van der Waals surface area contributed by atoms with Crippen LogP contribution in [-0.2, 0) is 27.1 Å². The van der Waals surface area contributed by atoms with Gasteiger partial charge in [-0.05, 0) is 204 Å². The highest BCUT2D eigenvalue weighted by molar-refractivity contribution is 7.00. The molecule has 3 nitrogen and oxygen atoms in total. The first kappa shape index (κ1) is 65.1. The first-order valence-corrected chi connectivity index (χ1v) is 37.5. The van der Waals surface area contributed by atoms with Crippen LogP contribution in [0.15, 0.2) is 273 Å². The third-order valence-electron chi connectivity index (χ3n) is 23.0. The Hall–Kier alpha value is -10.9. The lowest BCUT2D eigenvalue weighted by molar-refractivity contribution is 0.590. The van der Waals surface area contributed by atoms with Crippen molar-refractivity contribution in [1.29, 1.82) is 0 Å². The molecule has 3 heterocycles. The largest absolute Gasteiger partial charge is 0.310 e. The molecule has 0 unspecified atom stereocenters. The number of anilines is 6. The number of benzene rings is 15. The van der Waals surface area contributed by atoms with Crippen LogP contribution in [0.3, 0.4) is 0 Å². The van der Waals surface area contributed by atoms with E-state index in [0.29, 0.717) is 0 Å². The van der Waals surface area contributed by atoms with Gasteiger partial charge in [0.1, 0.15) is 0 Å². The second kappa shape index (κ2) is 23.3. The van der Waals surface area contributed by atoms with Crippen molar-refractivity contribution < 1.29 is 0 Å². The van der Waals surface area contributed by atoms with Crippen LogP contribution in [-0.4, -0.2) is 11.3 Å². The first-order valence-electron chi connectivity index (χ1n) is 37.5. The van der Waals surface area contributed by atoms with E-state index in [0.717, 1.165) is 22.7 Å². The van der Waals surface area contributed by atoms with Crippen LogP contribution in [0.2, 0.25) is 0 Å². The summed E-state index contributed by atoms with van der Waals surface area (Å²) in [7, 11) is 0. The van der Waals surface area contributed by atoms with Crippen LogP contribution in [0, 0.1) is 0 Å². The van der Waals surface area contributed by atoms with E-state index in [1.807, 2.05) is 0 Å². The highest BCUT2D eigenvalue weighted by atomic mass is 15.2. The van der Waals surface area contributed by atoms with E-state index >= 15 is 0 Å². The Balaban J connectivity index is 1.02. The van der Waals surface area contributed by atoms with Crippen molar-refractivity contribution in [3.8, 4) is 61.3 Å². The Labute approximate surface area is 614 Å². The molecule has 0 atom stereocenters. The molecule has 0 fully saturated rings. The van der Waals surface area contributed by atoms with Crippen LogP contribution in [0.4, 0.5) is 34.1 Å². The van der Waals surface area contributed by atoms with Gasteiger partial charge in [0.15, 0.2) is 0 Å². The quantitative estimate of drug-likeness (QED) is 0.0853. The topological polar surface area (TPSA) is 11.4 Å². The Morgan fingerprint density at radius 2 is 0.635 bits per heavy atom. The smallest absolute Gasteiger partial charge is 0.252 e. The van der Waals surface area contributed by atoms with Gasteiger partial charge in [0, 0.05) is 61.5 Å². The van der Waals surface area contributed by atoms with Crippen LogP contribution in [0.25, 0.3) is 115 Å². The second-order valence-corrected chi connectivity index (χ2v) is 35.0. The summed E-state index contributed by atoms with van der Waals surface area (Å²) in [6, 6.07) is 106. The predicted octanol–water partition coefficient (Wildman–Crippen LogP) is 26.0. The summed E-state index contributed by atoms with van der Waals surface area (Å²) in [5.74, 6) is 0. The van der Waals surface area contributed by atoms with Crippen LogP contribution in [0.1, 0.15) is 132 Å². The Bertz CT molecular complexity index is 5840. The lowest BCUT2D eigenvalue weighted by Gasteiger charge is -2.47. The van der Waals surface area contributed by atoms with Gasteiger partial charge in [-0.3, -0.25) is 0 Å². The average Bonchev–Trinajstić information content (AvgIpc) is 1.45. The van der Waals surface area contributed by atoms with Crippen molar-refractivity contribution in [2.45, 2.75) is 131 Å². The number of nitrogens with zero attached hydrogens (tertiary/aromatic N) is 3. The highest BCUT2D eigenvalue weighted by Crippen LogP contribution is 2.57. The number of rotatable bonds is 8. The molecule has 2 aliphatic heterocycles. The Morgan fingerprint density at radius 3 is 1.06 bits per heavy atom. The van der Waals surface area contributed by atoms with Crippen molar-refractivity contribution >= 4 is 111 Å². The minimum atomic E-state index is -0.315. The standard InChI is InChI=1S/C100H90BN3/c1-96(2,3)69-44-37-64(38-45-69)79-56-72(99(10,11)12)57-80(65-39-46-70(47-40-65)97(4,5)6)94(79)103-83-50-43-68(61-27-19-16-20-28-61)53-82(83)101-81-49-48-74(102-84-51-41-66-33-25-35-75-76-36-26-34-67-42-52-85(102)92(90(67)76)91(84)89(66)75)60-86(81)104(88-59-73(100(13,14)15)58-87(103)93(88)101)95-77(62-29-21-17-22-30-62)54-71(98(7,8)9)55-78(95)63-31-23-18-24-32-63/h16-60H,1-15H3. The highest BCUT2D eigenvalue weighted by Gasteiger charge is 2.47. The van der Waals surface area contributed by atoms with Gasteiger partial charge in [0.25, 0.3) is 6.71 Å². The molecule has 104 heavy (non-hydrogen) atoms. The van der Waals surface area contributed by atoms with Gasteiger partial charge in [-0.1, -0.05) is 310 Å². The molecule has 0 spiro atoms. The fourth-order valence-corrected chi connectivity index (χ4v) is 17.4. The third-order valence-corrected chi connectivity index (χ3v) is 23.0. The van der Waals surface area contributed by atoms with Crippen molar-refractivity contribution in [3.63, 3.8) is 0 Å². The van der Waals surface area contributed by atoms with Gasteiger partial charge in [-0.2, -0.15) is 0 Å². The zero-order valence-electron chi connectivity index (χ0n) is 62.9. The summed E-state index contributed by atoms with van der Waals surface area (Å²) in [6.45, 7) is 35.2. The molecular weight excluding hydrogens is 1250 g/mol. The molecule has 0 aliphatic carbocycles. The molecule has 16 aromatic rings. The average molecular weight is 1340 g/mol. The van der Waals surface area contributed by atoms with Gasteiger partial charge in [0.2, 0.25) is 0 Å². The van der Waals surface area contributed by atoms with Crippen LogP contribution < -0.4 is 26.2 Å². The molecule has 0 N–H and O–H groups in total. The molecule has 18 rings (SSSR count). The Morgan fingerprint density at radius 1 is 0.250 bits per heavy atom. The molecule has 0 saturated carbocycles. The van der Waals surface area contributed by atoms with E-state index in [2.05, 4.69) is 391 Å². The van der Waals surface area contributed by atoms with Crippen LogP contribution >= 0.6 is 0 Å². The number of hydrogen-bond acceptors (Lipinski definition) is 2. The van der Waals surface area contributed by atoms with E-state index in [-0.39, 0.29) is 33.8 Å². The van der Waals surface area contributed by atoms with Crippen LogP contribution in [0.5, 0.6) is 0 Å². The van der Waals surface area contributed by atoms with Gasteiger partial charge in [0.05, 0.1) is 22.4 Å². The summed E-state index contributed by atoms with van der Waals surface area (Å²) >= 11 is 0. The summed E-state index contributed by atoms with van der Waals surface area (Å²) in [4.78, 5) is 5.51. The molecule has 0 radical (unpaired) electrons. The molecule has 0 amide bonds. The minimum Gasteiger partial charge on any atom is -0.310 e.